The average molecular weight is 325 g/mol. The summed E-state index contributed by atoms with van der Waals surface area (Å²) in [5.74, 6) is 1.25. The van der Waals surface area contributed by atoms with Gasteiger partial charge >= 0.3 is 0 Å². The van der Waals surface area contributed by atoms with Gasteiger partial charge in [-0.25, -0.2) is 9.97 Å². The minimum Gasteiger partial charge on any atom is -0.338 e. The number of rotatable bonds is 3. The van der Waals surface area contributed by atoms with Crippen molar-refractivity contribution in [3.8, 4) is 0 Å². The maximum Gasteiger partial charge on any atom is 0.253 e. The molecule has 0 saturated carbocycles. The zero-order valence-electron chi connectivity index (χ0n) is 15.2. The van der Waals surface area contributed by atoms with Crippen LogP contribution in [0.1, 0.15) is 55.9 Å². The fraction of sp³-hybridized carbons (Fsp3) is 0.550. The highest BCUT2D eigenvalue weighted by Crippen LogP contribution is 2.23. The van der Waals surface area contributed by atoms with Crippen molar-refractivity contribution < 1.29 is 4.79 Å². The van der Waals surface area contributed by atoms with Gasteiger partial charge in [0.25, 0.3) is 5.91 Å². The van der Waals surface area contributed by atoms with E-state index >= 15 is 0 Å². The van der Waals surface area contributed by atoms with Crippen LogP contribution in [0.4, 0.5) is 0 Å². The van der Waals surface area contributed by atoms with Crippen molar-refractivity contribution in [2.24, 2.45) is 11.8 Å². The van der Waals surface area contributed by atoms with Gasteiger partial charge in [-0.1, -0.05) is 27.7 Å². The molecular weight excluding hydrogens is 298 g/mol. The van der Waals surface area contributed by atoms with Crippen molar-refractivity contribution in [1.82, 2.24) is 14.9 Å². The van der Waals surface area contributed by atoms with Crippen LogP contribution in [-0.2, 0) is 12.8 Å². The Labute approximate surface area is 144 Å². The van der Waals surface area contributed by atoms with Crippen molar-refractivity contribution in [3.63, 3.8) is 0 Å². The van der Waals surface area contributed by atoms with Crippen LogP contribution in [0.25, 0.3) is 11.0 Å². The number of benzene rings is 1. The summed E-state index contributed by atoms with van der Waals surface area (Å²) >= 11 is 0. The Morgan fingerprint density at radius 2 is 1.62 bits per heavy atom. The minimum atomic E-state index is 0.120. The highest BCUT2D eigenvalue weighted by molar-refractivity contribution is 5.97. The molecule has 2 atom stereocenters. The average Bonchev–Trinajstić information content (AvgIpc) is 2.58. The Kier molecular flexibility index (Phi) is 4.83. The molecule has 128 valence electrons. The lowest BCUT2D eigenvalue weighted by molar-refractivity contribution is 0.0623. The summed E-state index contributed by atoms with van der Waals surface area (Å²) in [6, 6.07) is 5.74. The van der Waals surface area contributed by atoms with Crippen LogP contribution in [0.5, 0.6) is 0 Å². The molecule has 0 unspecified atom stereocenters. The second-order valence-electron chi connectivity index (χ2n) is 7.18. The van der Waals surface area contributed by atoms with Crippen LogP contribution in [0.15, 0.2) is 18.2 Å². The summed E-state index contributed by atoms with van der Waals surface area (Å²) in [6.07, 6.45) is 2.95. The quantitative estimate of drug-likeness (QED) is 0.860. The molecule has 1 fully saturated rings. The Morgan fingerprint density at radius 1 is 1.04 bits per heavy atom. The fourth-order valence-electron chi connectivity index (χ4n) is 3.84. The summed E-state index contributed by atoms with van der Waals surface area (Å²) in [5, 5.41) is 0. The van der Waals surface area contributed by atoms with Crippen molar-refractivity contribution in [2.45, 2.75) is 47.0 Å². The Balaban J connectivity index is 1.93. The number of hydrogen-bond donors (Lipinski definition) is 0. The highest BCUT2D eigenvalue weighted by Gasteiger charge is 2.26. The number of carbonyl (C=O) groups is 1. The maximum absolute atomic E-state index is 12.9. The molecule has 1 aliphatic rings. The molecule has 2 aromatic rings. The van der Waals surface area contributed by atoms with E-state index in [0.29, 0.717) is 11.8 Å². The van der Waals surface area contributed by atoms with E-state index in [1.807, 2.05) is 23.1 Å². The summed E-state index contributed by atoms with van der Waals surface area (Å²) in [6.45, 7) is 10.3. The zero-order valence-corrected chi connectivity index (χ0v) is 15.2. The molecule has 1 aromatic carbocycles. The van der Waals surface area contributed by atoms with Crippen LogP contribution in [-0.4, -0.2) is 33.9 Å². The third-order valence-corrected chi connectivity index (χ3v) is 4.89. The van der Waals surface area contributed by atoms with E-state index in [2.05, 4.69) is 27.7 Å². The normalized spacial score (nSPS) is 21.2. The van der Waals surface area contributed by atoms with Crippen LogP contribution in [0.2, 0.25) is 0 Å². The zero-order chi connectivity index (χ0) is 17.3. The monoisotopic (exact) mass is 325 g/mol. The second kappa shape index (κ2) is 6.88. The molecule has 1 saturated heterocycles. The minimum absolute atomic E-state index is 0.120. The highest BCUT2D eigenvalue weighted by atomic mass is 16.2. The van der Waals surface area contributed by atoms with Gasteiger partial charge in [-0.2, -0.15) is 0 Å². The fourth-order valence-corrected chi connectivity index (χ4v) is 3.84. The largest absolute Gasteiger partial charge is 0.338 e. The molecule has 0 radical (unpaired) electrons. The van der Waals surface area contributed by atoms with Crippen LogP contribution in [0.3, 0.4) is 0 Å². The molecular formula is C20H27N3O. The van der Waals surface area contributed by atoms with Crippen molar-refractivity contribution in [2.75, 3.05) is 13.1 Å². The summed E-state index contributed by atoms with van der Waals surface area (Å²) in [7, 11) is 0. The third kappa shape index (κ3) is 3.28. The number of hydrogen-bond acceptors (Lipinski definition) is 3. The van der Waals surface area contributed by atoms with Crippen molar-refractivity contribution in [1.29, 1.82) is 0 Å². The molecule has 24 heavy (non-hydrogen) atoms. The van der Waals surface area contributed by atoms with E-state index in [0.717, 1.165) is 53.9 Å². The summed E-state index contributed by atoms with van der Waals surface area (Å²) in [4.78, 5) is 24.3. The lowest BCUT2D eigenvalue weighted by Crippen LogP contribution is -2.42. The number of carbonyl (C=O) groups excluding carboxylic acids is 1. The first-order chi connectivity index (χ1) is 11.5. The van der Waals surface area contributed by atoms with E-state index in [-0.39, 0.29) is 5.91 Å². The Bertz CT molecular complexity index is 746. The van der Waals surface area contributed by atoms with Gasteiger partial charge in [-0.05, 0) is 49.3 Å². The predicted molar refractivity (Wildman–Crippen MR) is 97.1 cm³/mol. The first kappa shape index (κ1) is 16.9. The number of fused-ring (bicyclic) bond motifs is 1. The van der Waals surface area contributed by atoms with Gasteiger partial charge in [0, 0.05) is 18.7 Å². The van der Waals surface area contributed by atoms with E-state index in [9.17, 15) is 4.79 Å². The molecule has 1 amide bonds. The van der Waals surface area contributed by atoms with E-state index in [4.69, 9.17) is 9.97 Å². The van der Waals surface area contributed by atoms with Crippen molar-refractivity contribution >= 4 is 16.9 Å². The predicted octanol–water partition coefficient (Wildman–Crippen LogP) is 3.87. The van der Waals surface area contributed by atoms with E-state index in [1.165, 1.54) is 6.42 Å². The van der Waals surface area contributed by atoms with E-state index in [1.54, 1.807) is 0 Å². The standard InChI is InChI=1S/C20H27N3O/c1-5-16-17(6-2)22-19-10-15(7-8-18(19)21-16)20(24)23-11-13(3)9-14(4)12-23/h7-8,10,13-14H,5-6,9,11-12H2,1-4H3/t13-,14+. The lowest BCUT2D eigenvalue weighted by Gasteiger charge is -2.35. The molecule has 1 aromatic heterocycles. The molecule has 0 spiro atoms. The molecule has 2 heterocycles. The van der Waals surface area contributed by atoms with Crippen LogP contribution >= 0.6 is 0 Å². The first-order valence-electron chi connectivity index (χ1n) is 9.10. The molecule has 0 N–H and O–H groups in total. The van der Waals surface area contributed by atoms with Gasteiger partial charge < -0.3 is 4.90 Å². The maximum atomic E-state index is 12.9. The van der Waals surface area contributed by atoms with Crippen LogP contribution < -0.4 is 0 Å². The third-order valence-electron chi connectivity index (χ3n) is 4.89. The van der Waals surface area contributed by atoms with Gasteiger partial charge in [0.1, 0.15) is 0 Å². The molecule has 4 nitrogen and oxygen atoms in total. The lowest BCUT2D eigenvalue weighted by atomic mass is 9.91. The van der Waals surface area contributed by atoms with Gasteiger partial charge in [0.05, 0.1) is 22.4 Å². The Morgan fingerprint density at radius 3 is 2.21 bits per heavy atom. The number of amides is 1. The molecule has 0 aliphatic carbocycles. The molecule has 4 heteroatoms. The first-order valence-corrected chi connectivity index (χ1v) is 9.10. The number of nitrogens with zero attached hydrogens (tertiary/aromatic N) is 3. The van der Waals surface area contributed by atoms with Gasteiger partial charge in [0.2, 0.25) is 0 Å². The molecule has 1 aliphatic heterocycles. The number of aromatic nitrogens is 2. The van der Waals surface area contributed by atoms with Gasteiger partial charge in [0.15, 0.2) is 0 Å². The number of likely N-dealkylation sites (tertiary alicyclic amines) is 1. The van der Waals surface area contributed by atoms with Crippen LogP contribution in [0, 0.1) is 11.8 Å². The number of aryl methyl sites for hydroxylation is 2. The topological polar surface area (TPSA) is 46.1 Å². The van der Waals surface area contributed by atoms with Gasteiger partial charge in [-0.15, -0.1) is 0 Å². The van der Waals surface area contributed by atoms with Gasteiger partial charge in [-0.3, -0.25) is 4.79 Å². The van der Waals surface area contributed by atoms with Crippen molar-refractivity contribution in [3.05, 3.63) is 35.2 Å². The molecule has 3 rings (SSSR count). The molecule has 0 bridgehead atoms. The SMILES string of the molecule is CCc1nc2ccc(C(=O)N3C[C@H](C)C[C@H](C)C3)cc2nc1CC. The smallest absolute Gasteiger partial charge is 0.253 e. The Hall–Kier alpha value is -1.97. The second-order valence-corrected chi connectivity index (χ2v) is 7.18. The number of piperidine rings is 1. The van der Waals surface area contributed by atoms with E-state index < -0.39 is 0 Å². The summed E-state index contributed by atoms with van der Waals surface area (Å²) < 4.78 is 0. The summed E-state index contributed by atoms with van der Waals surface area (Å²) in [5.41, 5.74) is 4.52.